The molecule has 0 aliphatic heterocycles. The molecular weight excluding hydrogens is 143 g/mol. The van der Waals surface area contributed by atoms with Crippen LogP contribution in [-0.2, 0) is 0 Å². The largest absolute Gasteiger partial charge is 0.0738 e. The second-order valence-corrected chi connectivity index (χ2v) is 5.65. The first-order valence-electron chi connectivity index (χ1n) is 5.59. The van der Waals surface area contributed by atoms with Crippen molar-refractivity contribution < 1.29 is 0 Å². The summed E-state index contributed by atoms with van der Waals surface area (Å²) in [7, 11) is 6.19. The molecule has 0 amide bonds. The molecule has 4 saturated carbocycles. The van der Waals surface area contributed by atoms with E-state index in [0.717, 1.165) is 29.1 Å². The van der Waals surface area contributed by atoms with E-state index in [0.29, 0.717) is 5.82 Å². The summed E-state index contributed by atoms with van der Waals surface area (Å²) in [6.45, 7) is 0. The average molecular weight is 158 g/mol. The van der Waals surface area contributed by atoms with Gasteiger partial charge in [-0.25, -0.2) is 0 Å². The maximum Gasteiger partial charge on any atom is 0.0703 e. The molecule has 4 aliphatic rings. The lowest BCUT2D eigenvalue weighted by Gasteiger charge is -2.63. The van der Waals surface area contributed by atoms with Gasteiger partial charge < -0.3 is 0 Å². The zero-order chi connectivity index (χ0) is 7.92. The van der Waals surface area contributed by atoms with Gasteiger partial charge in [0.1, 0.15) is 0 Å². The molecule has 12 heavy (non-hydrogen) atoms. The van der Waals surface area contributed by atoms with Gasteiger partial charge in [-0.05, 0) is 54.8 Å². The van der Waals surface area contributed by atoms with Crippen LogP contribution in [0.5, 0.6) is 0 Å². The van der Waals surface area contributed by atoms with Crippen LogP contribution in [0.4, 0.5) is 0 Å². The van der Waals surface area contributed by atoms with Gasteiger partial charge in [-0.3, -0.25) is 0 Å². The minimum atomic E-state index is 0.592. The molecule has 4 rings (SSSR count). The van der Waals surface area contributed by atoms with E-state index in [-0.39, 0.29) is 0 Å². The van der Waals surface area contributed by atoms with Gasteiger partial charge in [0.15, 0.2) is 0 Å². The molecule has 62 valence electrons. The van der Waals surface area contributed by atoms with E-state index in [1.54, 1.807) is 19.3 Å². The molecule has 0 aromatic heterocycles. The zero-order valence-electron chi connectivity index (χ0n) is 7.50. The summed E-state index contributed by atoms with van der Waals surface area (Å²) < 4.78 is 0. The maximum absolute atomic E-state index is 6.19. The predicted octanol–water partition coefficient (Wildman–Crippen LogP) is 2.40. The van der Waals surface area contributed by atoms with Crippen LogP contribution >= 0.6 is 0 Å². The van der Waals surface area contributed by atoms with Crippen molar-refractivity contribution >= 4 is 7.85 Å². The van der Waals surface area contributed by atoms with Gasteiger partial charge in [-0.1, -0.05) is 12.2 Å². The second kappa shape index (κ2) is 1.65. The Morgan fingerprint density at radius 1 is 0.917 bits per heavy atom. The highest BCUT2D eigenvalue weighted by molar-refractivity contribution is 6.12. The summed E-state index contributed by atoms with van der Waals surface area (Å²) in [4.78, 5) is 0. The Morgan fingerprint density at radius 2 is 1.67 bits per heavy atom. The molecule has 0 aromatic carbocycles. The molecule has 2 radical (unpaired) electrons. The van der Waals surface area contributed by atoms with E-state index >= 15 is 0 Å². The summed E-state index contributed by atoms with van der Waals surface area (Å²) in [5.74, 6) is 4.88. The van der Waals surface area contributed by atoms with Gasteiger partial charge in [-0.15, -0.1) is 0 Å². The molecule has 0 aromatic rings. The average Bonchev–Trinajstić information content (AvgIpc) is 2.27. The van der Waals surface area contributed by atoms with Crippen molar-refractivity contribution in [2.24, 2.45) is 29.1 Å². The molecule has 0 N–H and O–H groups in total. The van der Waals surface area contributed by atoms with Crippen molar-refractivity contribution in [1.82, 2.24) is 0 Å². The highest BCUT2D eigenvalue weighted by atomic mass is 14.8. The fourth-order valence-corrected chi connectivity index (χ4v) is 5.53. The molecule has 4 fully saturated rings. The summed E-state index contributed by atoms with van der Waals surface area (Å²) in [5, 5.41) is 0. The van der Waals surface area contributed by atoms with Crippen LogP contribution in [0, 0.1) is 29.1 Å². The van der Waals surface area contributed by atoms with Crippen LogP contribution in [0.15, 0.2) is 0 Å². The first-order chi connectivity index (χ1) is 5.83. The van der Waals surface area contributed by atoms with Crippen molar-refractivity contribution in [1.29, 1.82) is 0 Å². The van der Waals surface area contributed by atoms with E-state index < -0.39 is 0 Å². The van der Waals surface area contributed by atoms with Crippen molar-refractivity contribution in [3.05, 3.63) is 0 Å². The van der Waals surface area contributed by atoms with Gasteiger partial charge in [0.05, 0.1) is 7.85 Å². The molecule has 6 unspecified atom stereocenters. The van der Waals surface area contributed by atoms with Crippen LogP contribution in [0.3, 0.4) is 0 Å². The fraction of sp³-hybridized carbons (Fsp3) is 1.00. The van der Waals surface area contributed by atoms with Gasteiger partial charge >= 0.3 is 0 Å². The first kappa shape index (κ1) is 6.51. The first-order valence-corrected chi connectivity index (χ1v) is 5.59. The third-order valence-electron chi connectivity index (χ3n) is 5.81. The number of hydrogen-bond acceptors (Lipinski definition) is 0. The topological polar surface area (TPSA) is 0 Å². The SMILES string of the molecule is [B]C1CC2CC3CCC4CC1C324. The van der Waals surface area contributed by atoms with E-state index in [4.69, 9.17) is 7.85 Å². The molecule has 0 bridgehead atoms. The van der Waals surface area contributed by atoms with Crippen LogP contribution < -0.4 is 0 Å². The fourth-order valence-electron chi connectivity index (χ4n) is 5.53. The summed E-state index contributed by atoms with van der Waals surface area (Å²) >= 11 is 0. The Morgan fingerprint density at radius 3 is 2.33 bits per heavy atom. The lowest BCUT2D eigenvalue weighted by atomic mass is 9.41. The molecular formula is C11H15B. The maximum atomic E-state index is 6.19. The smallest absolute Gasteiger partial charge is 0.0703 e. The molecule has 0 nitrogen and oxygen atoms in total. The monoisotopic (exact) mass is 158 g/mol. The number of rotatable bonds is 0. The standard InChI is InChI=1S/C11H15B/c12-10-5-8-3-6-1-2-7-4-9(10)11(6,7)8/h6-10H,1-5H2. The molecule has 4 aliphatic carbocycles. The van der Waals surface area contributed by atoms with E-state index in [1.807, 2.05) is 0 Å². The summed E-state index contributed by atoms with van der Waals surface area (Å²) in [6.07, 6.45) is 7.50. The Hall–Kier alpha value is 0.0649. The van der Waals surface area contributed by atoms with Gasteiger partial charge in [0.25, 0.3) is 0 Å². The van der Waals surface area contributed by atoms with Gasteiger partial charge in [0, 0.05) is 0 Å². The van der Waals surface area contributed by atoms with Crippen LogP contribution in [-0.4, -0.2) is 7.85 Å². The third kappa shape index (κ3) is 0.407. The van der Waals surface area contributed by atoms with E-state index in [2.05, 4.69) is 0 Å². The molecule has 0 heterocycles. The third-order valence-corrected chi connectivity index (χ3v) is 5.81. The quantitative estimate of drug-likeness (QED) is 0.475. The predicted molar refractivity (Wildman–Crippen MR) is 49.0 cm³/mol. The van der Waals surface area contributed by atoms with Crippen LogP contribution in [0.1, 0.15) is 32.1 Å². The van der Waals surface area contributed by atoms with Crippen LogP contribution in [0.25, 0.3) is 0 Å². The van der Waals surface area contributed by atoms with E-state index in [9.17, 15) is 0 Å². The highest BCUT2D eigenvalue weighted by Gasteiger charge is 2.74. The zero-order valence-corrected chi connectivity index (χ0v) is 7.50. The molecule has 0 saturated heterocycles. The van der Waals surface area contributed by atoms with Crippen molar-refractivity contribution in [3.8, 4) is 0 Å². The molecule has 6 atom stereocenters. The minimum absolute atomic E-state index is 0.592. The Bertz CT molecular complexity index is 241. The van der Waals surface area contributed by atoms with Crippen molar-refractivity contribution in [2.45, 2.75) is 37.9 Å². The Labute approximate surface area is 75.5 Å². The van der Waals surface area contributed by atoms with Gasteiger partial charge in [0.2, 0.25) is 0 Å². The molecule has 1 heteroatoms. The Kier molecular flexibility index (Phi) is 0.895. The summed E-state index contributed by atoms with van der Waals surface area (Å²) in [6, 6.07) is 0. The van der Waals surface area contributed by atoms with Crippen LogP contribution in [0.2, 0.25) is 5.82 Å². The molecule has 1 spiro atoms. The highest BCUT2D eigenvalue weighted by Crippen LogP contribution is 2.82. The Balaban J connectivity index is 1.83. The lowest BCUT2D eigenvalue weighted by molar-refractivity contribution is -0.145. The lowest BCUT2D eigenvalue weighted by Crippen LogP contribution is -2.57. The van der Waals surface area contributed by atoms with Crippen molar-refractivity contribution in [2.75, 3.05) is 0 Å². The second-order valence-electron chi connectivity index (χ2n) is 5.65. The van der Waals surface area contributed by atoms with E-state index in [1.165, 1.54) is 12.8 Å². The normalized spacial score (nSPS) is 71.2. The number of hydrogen-bond donors (Lipinski definition) is 0. The van der Waals surface area contributed by atoms with Gasteiger partial charge in [-0.2, -0.15) is 0 Å². The van der Waals surface area contributed by atoms with Crippen molar-refractivity contribution in [3.63, 3.8) is 0 Å². The summed E-state index contributed by atoms with van der Waals surface area (Å²) in [5.41, 5.74) is 0.847. The minimum Gasteiger partial charge on any atom is -0.0738 e.